The molecule has 0 saturated heterocycles. The van der Waals surface area contributed by atoms with Crippen LogP contribution in [0.5, 0.6) is 5.75 Å². The van der Waals surface area contributed by atoms with Crippen molar-refractivity contribution < 1.29 is 18.7 Å². The number of primary amides is 1. The molecule has 0 aliphatic heterocycles. The van der Waals surface area contributed by atoms with Crippen molar-refractivity contribution in [2.75, 3.05) is 10.6 Å². The summed E-state index contributed by atoms with van der Waals surface area (Å²) in [5.41, 5.74) is 6.16. The molecule has 0 saturated carbocycles. The highest BCUT2D eigenvalue weighted by Crippen LogP contribution is 2.22. The molecule has 1 aromatic heterocycles. The van der Waals surface area contributed by atoms with E-state index >= 15 is 0 Å². The Morgan fingerprint density at radius 1 is 0.833 bits per heavy atom. The van der Waals surface area contributed by atoms with Crippen LogP contribution in [0.4, 0.5) is 16.2 Å². The summed E-state index contributed by atoms with van der Waals surface area (Å²) >= 11 is 0. The van der Waals surface area contributed by atoms with Crippen molar-refractivity contribution in [3.8, 4) is 5.75 Å². The van der Waals surface area contributed by atoms with Crippen LogP contribution in [0.25, 0.3) is 10.8 Å². The highest BCUT2D eigenvalue weighted by Gasteiger charge is 2.12. The van der Waals surface area contributed by atoms with Crippen LogP contribution in [0, 0.1) is 0 Å². The second-order valence-corrected chi connectivity index (χ2v) is 6.58. The van der Waals surface area contributed by atoms with Crippen LogP contribution in [-0.2, 0) is 6.61 Å². The lowest BCUT2D eigenvalue weighted by atomic mass is 10.1. The molecule has 0 bridgehead atoms. The van der Waals surface area contributed by atoms with Crippen molar-refractivity contribution >= 4 is 34.1 Å². The molecule has 0 radical (unpaired) electrons. The number of urea groups is 1. The van der Waals surface area contributed by atoms with Gasteiger partial charge in [-0.25, -0.2) is 4.79 Å². The first-order valence-corrected chi connectivity index (χ1v) is 9.25. The Morgan fingerprint density at radius 2 is 1.53 bits per heavy atom. The number of nitrogens with one attached hydrogen (secondary N) is 2. The lowest BCUT2D eigenvalue weighted by Crippen LogP contribution is -2.19. The van der Waals surface area contributed by atoms with Gasteiger partial charge in [-0.05, 0) is 59.3 Å². The van der Waals surface area contributed by atoms with E-state index in [4.69, 9.17) is 14.9 Å². The molecule has 0 fully saturated rings. The van der Waals surface area contributed by atoms with E-state index in [0.717, 1.165) is 16.5 Å². The Bertz CT molecular complexity index is 1200. The van der Waals surface area contributed by atoms with Crippen LogP contribution in [0.1, 0.15) is 16.3 Å². The molecule has 150 valence electrons. The van der Waals surface area contributed by atoms with Gasteiger partial charge in [0.2, 0.25) is 0 Å². The number of amides is 3. The van der Waals surface area contributed by atoms with Gasteiger partial charge in [-0.3, -0.25) is 4.79 Å². The fourth-order valence-corrected chi connectivity index (χ4v) is 2.96. The van der Waals surface area contributed by atoms with E-state index in [2.05, 4.69) is 10.6 Å². The molecule has 30 heavy (non-hydrogen) atoms. The van der Waals surface area contributed by atoms with Crippen molar-refractivity contribution in [1.29, 1.82) is 0 Å². The Kier molecular flexibility index (Phi) is 5.34. The maximum atomic E-state index is 12.4. The smallest absolute Gasteiger partial charge is 0.316 e. The van der Waals surface area contributed by atoms with Gasteiger partial charge in [0.05, 0.1) is 0 Å². The first kappa shape index (κ1) is 19.1. The number of hydrogen-bond acceptors (Lipinski definition) is 4. The van der Waals surface area contributed by atoms with E-state index in [1.54, 1.807) is 36.4 Å². The summed E-state index contributed by atoms with van der Waals surface area (Å²) in [6.07, 6.45) is 0. The largest absolute Gasteiger partial charge is 0.486 e. The summed E-state index contributed by atoms with van der Waals surface area (Å²) in [6.45, 7) is 0.207. The van der Waals surface area contributed by atoms with Crippen molar-refractivity contribution in [3.05, 3.63) is 90.4 Å². The van der Waals surface area contributed by atoms with Crippen LogP contribution in [0.15, 0.2) is 83.3 Å². The topological polar surface area (TPSA) is 107 Å². The third-order valence-corrected chi connectivity index (χ3v) is 4.40. The van der Waals surface area contributed by atoms with Crippen LogP contribution in [0.2, 0.25) is 0 Å². The molecule has 0 aliphatic carbocycles. The van der Waals surface area contributed by atoms with Crippen LogP contribution in [-0.4, -0.2) is 11.9 Å². The maximum Gasteiger partial charge on any atom is 0.316 e. The fraction of sp³-hybridized carbons (Fsp3) is 0.0435. The molecule has 0 aliphatic rings. The van der Waals surface area contributed by atoms with E-state index in [9.17, 15) is 9.59 Å². The number of ether oxygens (including phenoxy) is 1. The third-order valence-electron chi connectivity index (χ3n) is 4.40. The summed E-state index contributed by atoms with van der Waals surface area (Å²) in [7, 11) is 0. The van der Waals surface area contributed by atoms with Crippen molar-refractivity contribution in [3.63, 3.8) is 0 Å². The van der Waals surface area contributed by atoms with Crippen molar-refractivity contribution in [2.24, 2.45) is 5.73 Å². The average molecular weight is 401 g/mol. The summed E-state index contributed by atoms with van der Waals surface area (Å²) in [6, 6.07) is 23.1. The summed E-state index contributed by atoms with van der Waals surface area (Å²) in [5, 5.41) is 7.41. The lowest BCUT2D eigenvalue weighted by Gasteiger charge is -2.06. The van der Waals surface area contributed by atoms with Gasteiger partial charge in [-0.2, -0.15) is 0 Å². The SMILES string of the molecule is NC(=O)Nc1ccc(NC(=O)c2ccc(COc3ccc4ccccc4c3)o2)cc1. The number of anilines is 2. The maximum absolute atomic E-state index is 12.4. The second-order valence-electron chi connectivity index (χ2n) is 6.58. The minimum Gasteiger partial charge on any atom is -0.486 e. The molecular weight excluding hydrogens is 382 g/mol. The van der Waals surface area contributed by atoms with E-state index in [1.807, 2.05) is 42.5 Å². The summed E-state index contributed by atoms with van der Waals surface area (Å²) < 4.78 is 11.4. The molecule has 4 aromatic rings. The zero-order valence-electron chi connectivity index (χ0n) is 15.9. The van der Waals surface area contributed by atoms with Gasteiger partial charge in [0, 0.05) is 11.4 Å². The molecule has 4 N–H and O–H groups in total. The monoisotopic (exact) mass is 401 g/mol. The van der Waals surface area contributed by atoms with Gasteiger partial charge < -0.3 is 25.5 Å². The Hall–Kier alpha value is -4.26. The average Bonchev–Trinajstić information content (AvgIpc) is 3.22. The lowest BCUT2D eigenvalue weighted by molar-refractivity contribution is 0.0992. The van der Waals surface area contributed by atoms with Gasteiger partial charge in [-0.1, -0.05) is 30.3 Å². The number of fused-ring (bicyclic) bond motifs is 1. The number of nitrogens with two attached hydrogens (primary N) is 1. The molecule has 3 amide bonds. The number of furan rings is 1. The van der Waals surface area contributed by atoms with E-state index in [0.29, 0.717) is 17.1 Å². The number of hydrogen-bond donors (Lipinski definition) is 3. The van der Waals surface area contributed by atoms with Crippen LogP contribution < -0.4 is 21.1 Å². The molecule has 7 nitrogen and oxygen atoms in total. The third kappa shape index (κ3) is 4.59. The van der Waals surface area contributed by atoms with Crippen LogP contribution >= 0.6 is 0 Å². The first-order valence-electron chi connectivity index (χ1n) is 9.25. The number of carbonyl (C=O) groups excluding carboxylic acids is 2. The standard InChI is InChI=1S/C23H19N3O4/c24-23(28)26-18-8-6-17(7-9-18)25-22(27)21-12-11-20(30-21)14-29-19-10-5-15-3-1-2-4-16(15)13-19/h1-13H,14H2,(H,25,27)(H3,24,26,28). The van der Waals surface area contributed by atoms with Gasteiger partial charge in [0.15, 0.2) is 5.76 Å². The highest BCUT2D eigenvalue weighted by atomic mass is 16.5. The predicted molar refractivity (Wildman–Crippen MR) is 115 cm³/mol. The molecule has 3 aromatic carbocycles. The van der Waals surface area contributed by atoms with Crippen molar-refractivity contribution in [2.45, 2.75) is 6.61 Å². The molecule has 4 rings (SSSR count). The summed E-state index contributed by atoms with van der Waals surface area (Å²) in [5.74, 6) is 1.05. The van der Waals surface area contributed by atoms with Crippen LogP contribution in [0.3, 0.4) is 0 Å². The zero-order valence-corrected chi connectivity index (χ0v) is 15.9. The zero-order chi connectivity index (χ0) is 20.9. The minimum absolute atomic E-state index is 0.173. The normalized spacial score (nSPS) is 10.5. The Labute approximate surface area is 172 Å². The highest BCUT2D eigenvalue weighted by molar-refractivity contribution is 6.02. The predicted octanol–water partition coefficient (Wildman–Crippen LogP) is 4.75. The molecule has 1 heterocycles. The Balaban J connectivity index is 1.35. The van der Waals surface area contributed by atoms with E-state index in [-0.39, 0.29) is 18.3 Å². The number of carbonyl (C=O) groups is 2. The van der Waals surface area contributed by atoms with Gasteiger partial charge in [0.1, 0.15) is 18.1 Å². The first-order chi connectivity index (χ1) is 14.6. The molecule has 7 heteroatoms. The number of rotatable bonds is 6. The second kappa shape index (κ2) is 8.40. The molecule has 0 atom stereocenters. The Morgan fingerprint density at radius 3 is 2.27 bits per heavy atom. The summed E-state index contributed by atoms with van der Waals surface area (Å²) in [4.78, 5) is 23.2. The van der Waals surface area contributed by atoms with Gasteiger partial charge >= 0.3 is 6.03 Å². The number of benzene rings is 3. The minimum atomic E-state index is -0.652. The van der Waals surface area contributed by atoms with Gasteiger partial charge in [-0.15, -0.1) is 0 Å². The van der Waals surface area contributed by atoms with E-state index in [1.165, 1.54) is 0 Å². The fourth-order valence-electron chi connectivity index (χ4n) is 2.96. The molecular formula is C23H19N3O4. The quantitative estimate of drug-likeness (QED) is 0.433. The molecule has 0 spiro atoms. The van der Waals surface area contributed by atoms with Gasteiger partial charge in [0.25, 0.3) is 5.91 Å². The van der Waals surface area contributed by atoms with E-state index < -0.39 is 6.03 Å². The molecule has 0 unspecified atom stereocenters. The van der Waals surface area contributed by atoms with Crippen molar-refractivity contribution in [1.82, 2.24) is 0 Å².